The molecule has 1 unspecified atom stereocenters. The van der Waals surface area contributed by atoms with Crippen LogP contribution < -0.4 is 10.2 Å². The fourth-order valence-electron chi connectivity index (χ4n) is 2.96. The van der Waals surface area contributed by atoms with E-state index < -0.39 is 7.12 Å². The van der Waals surface area contributed by atoms with Crippen molar-refractivity contribution < 1.29 is 14.8 Å². The first-order valence-corrected chi connectivity index (χ1v) is 7.46. The minimum atomic E-state index is -1.44. The SMILES string of the molecule is COc1ccc(B(O)O)cc1CN1CCCN(C)CC1C. The number of likely N-dealkylation sites (N-methyl/N-ethyl adjacent to an activating group) is 1. The predicted molar refractivity (Wildman–Crippen MR) is 84.8 cm³/mol. The second-order valence-corrected chi connectivity index (χ2v) is 5.88. The average Bonchev–Trinajstić information content (AvgIpc) is 2.60. The van der Waals surface area contributed by atoms with Crippen molar-refractivity contribution in [2.45, 2.75) is 25.9 Å². The quantitative estimate of drug-likeness (QED) is 0.759. The van der Waals surface area contributed by atoms with E-state index in [1.54, 1.807) is 19.2 Å². The van der Waals surface area contributed by atoms with Crippen LogP contribution in [-0.2, 0) is 6.54 Å². The molecule has 1 aliphatic rings. The molecule has 2 rings (SSSR count). The van der Waals surface area contributed by atoms with Crippen molar-refractivity contribution in [3.05, 3.63) is 23.8 Å². The van der Waals surface area contributed by atoms with Crippen LogP contribution in [-0.4, -0.2) is 66.8 Å². The van der Waals surface area contributed by atoms with Crippen molar-refractivity contribution in [3.63, 3.8) is 0 Å². The Kier molecular flexibility index (Phi) is 5.64. The summed E-state index contributed by atoms with van der Waals surface area (Å²) in [5.74, 6) is 0.796. The van der Waals surface area contributed by atoms with Gasteiger partial charge in [0.05, 0.1) is 7.11 Å². The lowest BCUT2D eigenvalue weighted by Gasteiger charge is -2.28. The van der Waals surface area contributed by atoms with E-state index in [2.05, 4.69) is 23.8 Å². The van der Waals surface area contributed by atoms with Gasteiger partial charge in [0, 0.05) is 31.2 Å². The number of hydrogen-bond donors (Lipinski definition) is 2. The molecule has 1 saturated heterocycles. The van der Waals surface area contributed by atoms with Gasteiger partial charge in [-0.25, -0.2) is 0 Å². The van der Waals surface area contributed by atoms with Gasteiger partial charge in [0.25, 0.3) is 0 Å². The summed E-state index contributed by atoms with van der Waals surface area (Å²) >= 11 is 0. The Balaban J connectivity index is 2.18. The minimum absolute atomic E-state index is 0.463. The minimum Gasteiger partial charge on any atom is -0.496 e. The lowest BCUT2D eigenvalue weighted by atomic mass is 9.79. The maximum atomic E-state index is 9.34. The third kappa shape index (κ3) is 4.20. The highest BCUT2D eigenvalue weighted by molar-refractivity contribution is 6.58. The van der Waals surface area contributed by atoms with Gasteiger partial charge in [-0.2, -0.15) is 0 Å². The summed E-state index contributed by atoms with van der Waals surface area (Å²) in [5.41, 5.74) is 1.50. The monoisotopic (exact) mass is 292 g/mol. The molecular formula is C15H25BN2O3. The van der Waals surface area contributed by atoms with Gasteiger partial charge >= 0.3 is 7.12 Å². The Labute approximate surface area is 127 Å². The number of methoxy groups -OCH3 is 1. The number of rotatable bonds is 4. The third-order valence-electron chi connectivity index (χ3n) is 4.16. The van der Waals surface area contributed by atoms with Gasteiger partial charge in [-0.1, -0.05) is 12.1 Å². The molecule has 0 aromatic heterocycles. The summed E-state index contributed by atoms with van der Waals surface area (Å²) in [5, 5.41) is 18.7. The summed E-state index contributed by atoms with van der Waals surface area (Å²) in [6.07, 6.45) is 1.14. The molecule has 2 N–H and O–H groups in total. The van der Waals surface area contributed by atoms with Gasteiger partial charge < -0.3 is 19.7 Å². The van der Waals surface area contributed by atoms with Crippen LogP contribution in [0.2, 0.25) is 0 Å². The topological polar surface area (TPSA) is 56.2 Å². The van der Waals surface area contributed by atoms with Gasteiger partial charge in [-0.15, -0.1) is 0 Å². The van der Waals surface area contributed by atoms with Crippen LogP contribution >= 0.6 is 0 Å². The van der Waals surface area contributed by atoms with Crippen molar-refractivity contribution in [2.75, 3.05) is 33.8 Å². The van der Waals surface area contributed by atoms with Crippen LogP contribution in [0.1, 0.15) is 18.9 Å². The Bertz CT molecular complexity index is 470. The van der Waals surface area contributed by atoms with Gasteiger partial charge in [-0.3, -0.25) is 4.90 Å². The zero-order valence-electron chi connectivity index (χ0n) is 13.1. The molecule has 0 saturated carbocycles. The van der Waals surface area contributed by atoms with E-state index in [1.807, 2.05) is 6.07 Å². The van der Waals surface area contributed by atoms with E-state index in [1.165, 1.54) is 0 Å². The van der Waals surface area contributed by atoms with Gasteiger partial charge in [0.15, 0.2) is 0 Å². The zero-order chi connectivity index (χ0) is 15.4. The lowest BCUT2D eigenvalue weighted by molar-refractivity contribution is 0.192. The molecule has 0 amide bonds. The number of benzene rings is 1. The molecule has 1 heterocycles. The second kappa shape index (κ2) is 7.27. The summed E-state index contributed by atoms with van der Waals surface area (Å²) in [7, 11) is 2.36. The summed E-state index contributed by atoms with van der Waals surface area (Å²) in [6.45, 7) is 6.20. The van der Waals surface area contributed by atoms with Gasteiger partial charge in [-0.05, 0) is 38.5 Å². The summed E-state index contributed by atoms with van der Waals surface area (Å²) in [4.78, 5) is 4.78. The highest BCUT2D eigenvalue weighted by atomic mass is 16.5. The maximum Gasteiger partial charge on any atom is 0.488 e. The molecule has 5 nitrogen and oxygen atoms in total. The summed E-state index contributed by atoms with van der Waals surface area (Å²) in [6, 6.07) is 5.78. The molecule has 1 aliphatic heterocycles. The van der Waals surface area contributed by atoms with Gasteiger partial charge in [0.1, 0.15) is 5.75 Å². The van der Waals surface area contributed by atoms with Crippen molar-refractivity contribution >= 4 is 12.6 Å². The van der Waals surface area contributed by atoms with Crippen LogP contribution in [0.3, 0.4) is 0 Å². The molecule has 0 spiro atoms. The van der Waals surface area contributed by atoms with E-state index in [0.29, 0.717) is 11.5 Å². The first kappa shape index (κ1) is 16.3. The lowest BCUT2D eigenvalue weighted by Crippen LogP contribution is -2.38. The molecule has 116 valence electrons. The molecular weight excluding hydrogens is 267 g/mol. The third-order valence-corrected chi connectivity index (χ3v) is 4.16. The molecule has 1 fully saturated rings. The smallest absolute Gasteiger partial charge is 0.488 e. The maximum absolute atomic E-state index is 9.34. The molecule has 1 aromatic rings. The van der Waals surface area contributed by atoms with Gasteiger partial charge in [0.2, 0.25) is 0 Å². The van der Waals surface area contributed by atoms with Crippen LogP contribution in [0.4, 0.5) is 0 Å². The molecule has 6 heteroatoms. The first-order chi connectivity index (χ1) is 10.0. The molecule has 21 heavy (non-hydrogen) atoms. The van der Waals surface area contributed by atoms with Crippen molar-refractivity contribution in [1.82, 2.24) is 9.80 Å². The Morgan fingerprint density at radius 2 is 2.10 bits per heavy atom. The van der Waals surface area contributed by atoms with E-state index in [9.17, 15) is 10.0 Å². The molecule has 0 radical (unpaired) electrons. The van der Waals surface area contributed by atoms with Crippen molar-refractivity contribution in [3.8, 4) is 5.75 Å². The van der Waals surface area contributed by atoms with Crippen LogP contribution in [0, 0.1) is 0 Å². The molecule has 1 atom stereocenters. The first-order valence-electron chi connectivity index (χ1n) is 7.46. The number of hydrogen-bond acceptors (Lipinski definition) is 5. The second-order valence-electron chi connectivity index (χ2n) is 5.88. The van der Waals surface area contributed by atoms with E-state index >= 15 is 0 Å². The normalized spacial score (nSPS) is 21.1. The van der Waals surface area contributed by atoms with Crippen molar-refractivity contribution in [2.24, 2.45) is 0 Å². The Morgan fingerprint density at radius 3 is 2.76 bits per heavy atom. The molecule has 0 aliphatic carbocycles. The largest absolute Gasteiger partial charge is 0.496 e. The number of nitrogens with zero attached hydrogens (tertiary/aromatic N) is 2. The molecule has 0 bridgehead atoms. The highest BCUT2D eigenvalue weighted by Gasteiger charge is 2.22. The Hall–Kier alpha value is -1.08. The average molecular weight is 292 g/mol. The van der Waals surface area contributed by atoms with Crippen LogP contribution in [0.25, 0.3) is 0 Å². The number of ether oxygens (including phenoxy) is 1. The standard InChI is InChI=1S/C15H25BN2O3/c1-12-10-17(2)7-4-8-18(12)11-13-9-14(16(19)20)5-6-15(13)21-3/h5-6,9,12,19-20H,4,7-8,10-11H2,1-3H3. The Morgan fingerprint density at radius 1 is 1.33 bits per heavy atom. The van der Waals surface area contributed by atoms with E-state index in [-0.39, 0.29) is 0 Å². The zero-order valence-corrected chi connectivity index (χ0v) is 13.1. The highest BCUT2D eigenvalue weighted by Crippen LogP contribution is 2.21. The van der Waals surface area contributed by atoms with Crippen LogP contribution in [0.15, 0.2) is 18.2 Å². The van der Waals surface area contributed by atoms with Crippen LogP contribution in [0.5, 0.6) is 5.75 Å². The van der Waals surface area contributed by atoms with E-state index in [0.717, 1.165) is 43.9 Å². The predicted octanol–water partition coefficient (Wildman–Crippen LogP) is -0.0990. The summed E-state index contributed by atoms with van der Waals surface area (Å²) < 4.78 is 5.41. The van der Waals surface area contributed by atoms with E-state index in [4.69, 9.17) is 4.74 Å². The fraction of sp³-hybridized carbons (Fsp3) is 0.600. The van der Waals surface area contributed by atoms with Crippen molar-refractivity contribution in [1.29, 1.82) is 0 Å². The molecule has 1 aromatic carbocycles. The fourth-order valence-corrected chi connectivity index (χ4v) is 2.96.